The number of rotatable bonds is 6. The van der Waals surface area contributed by atoms with Crippen LogP contribution in [0.3, 0.4) is 0 Å². The van der Waals surface area contributed by atoms with Crippen molar-refractivity contribution in [2.75, 3.05) is 26.3 Å². The van der Waals surface area contributed by atoms with Gasteiger partial charge < -0.3 is 20.1 Å². The molecule has 1 aromatic carbocycles. The van der Waals surface area contributed by atoms with Crippen LogP contribution in [0, 0.1) is 0 Å². The van der Waals surface area contributed by atoms with Crippen molar-refractivity contribution in [1.29, 1.82) is 0 Å². The third kappa shape index (κ3) is 4.08. The van der Waals surface area contributed by atoms with E-state index in [1.807, 2.05) is 11.0 Å². The van der Waals surface area contributed by atoms with E-state index in [0.717, 1.165) is 38.7 Å². The molecule has 1 aliphatic carbocycles. The van der Waals surface area contributed by atoms with E-state index in [1.54, 1.807) is 0 Å². The van der Waals surface area contributed by atoms with Crippen LogP contribution < -0.4 is 5.32 Å². The van der Waals surface area contributed by atoms with E-state index in [0.29, 0.717) is 19.5 Å². The molecule has 0 radical (unpaired) electrons. The number of nitrogens with zero attached hydrogens (tertiary/aromatic N) is 1. The highest BCUT2D eigenvalue weighted by Crippen LogP contribution is 2.34. The average molecular weight is 332 g/mol. The van der Waals surface area contributed by atoms with E-state index >= 15 is 0 Å². The van der Waals surface area contributed by atoms with Crippen molar-refractivity contribution in [3.8, 4) is 0 Å². The molecule has 0 spiro atoms. The molecule has 2 amide bonds. The monoisotopic (exact) mass is 332 g/mol. The van der Waals surface area contributed by atoms with Gasteiger partial charge in [0.2, 0.25) is 0 Å². The van der Waals surface area contributed by atoms with Crippen molar-refractivity contribution in [2.45, 2.75) is 50.7 Å². The smallest absolute Gasteiger partial charge is 0.318 e. The molecule has 0 unspecified atom stereocenters. The quantitative estimate of drug-likeness (QED) is 0.842. The van der Waals surface area contributed by atoms with Gasteiger partial charge in [-0.15, -0.1) is 0 Å². The zero-order valence-corrected chi connectivity index (χ0v) is 14.2. The molecule has 0 aromatic heterocycles. The van der Waals surface area contributed by atoms with Gasteiger partial charge in [0.1, 0.15) is 0 Å². The van der Waals surface area contributed by atoms with Crippen molar-refractivity contribution in [3.63, 3.8) is 0 Å². The molecular formula is C19H28N2O3. The topological polar surface area (TPSA) is 61.8 Å². The number of amides is 2. The van der Waals surface area contributed by atoms with Crippen LogP contribution in [-0.2, 0) is 11.2 Å². The fourth-order valence-electron chi connectivity index (χ4n) is 3.80. The summed E-state index contributed by atoms with van der Waals surface area (Å²) in [6.45, 7) is 2.05. The maximum atomic E-state index is 12.8. The molecule has 0 saturated carbocycles. The Bertz CT molecular complexity index is 543. The summed E-state index contributed by atoms with van der Waals surface area (Å²) in [6, 6.07) is 8.48. The summed E-state index contributed by atoms with van der Waals surface area (Å²) in [6.07, 6.45) is 6.00. The average Bonchev–Trinajstić information content (AvgIpc) is 3.14. The first-order valence-electron chi connectivity index (χ1n) is 9.14. The van der Waals surface area contributed by atoms with Gasteiger partial charge in [0.25, 0.3) is 0 Å². The molecule has 1 aromatic rings. The number of carbonyl (C=O) groups excluding carboxylic acids is 1. The minimum Gasteiger partial charge on any atom is -0.396 e. The minimum absolute atomic E-state index is 0.0411. The predicted octanol–water partition coefficient (Wildman–Crippen LogP) is 2.64. The number of aryl methyl sites for hydroxylation is 1. The first-order valence-corrected chi connectivity index (χ1v) is 9.14. The summed E-state index contributed by atoms with van der Waals surface area (Å²) in [5.41, 5.74) is 2.60. The zero-order chi connectivity index (χ0) is 16.8. The molecule has 24 heavy (non-hydrogen) atoms. The van der Waals surface area contributed by atoms with Crippen molar-refractivity contribution < 1.29 is 14.6 Å². The van der Waals surface area contributed by atoms with Crippen LogP contribution in [0.15, 0.2) is 24.3 Å². The maximum Gasteiger partial charge on any atom is 0.318 e. The normalized spacial score (nSPS) is 22.9. The summed E-state index contributed by atoms with van der Waals surface area (Å²) in [5.74, 6) is 0. The second kappa shape index (κ2) is 8.49. The van der Waals surface area contributed by atoms with Gasteiger partial charge >= 0.3 is 6.03 Å². The summed E-state index contributed by atoms with van der Waals surface area (Å²) >= 11 is 0. The standard InChI is InChI=1S/C19H28N2O3/c22-12-5-11-21(19(23)20-14-16-8-4-13-24-16)18-10-3-7-15-6-1-2-9-17(15)18/h1-2,6,9,16,18,22H,3-5,7-8,10-14H2,(H,20,23)/t16-,18+/m1/s1. The van der Waals surface area contributed by atoms with Crippen molar-refractivity contribution in [1.82, 2.24) is 10.2 Å². The number of benzene rings is 1. The summed E-state index contributed by atoms with van der Waals surface area (Å²) in [4.78, 5) is 14.7. The number of carbonyl (C=O) groups is 1. The fourth-order valence-corrected chi connectivity index (χ4v) is 3.80. The van der Waals surface area contributed by atoms with Crippen LogP contribution in [-0.4, -0.2) is 48.4 Å². The van der Waals surface area contributed by atoms with E-state index in [2.05, 4.69) is 23.5 Å². The first-order chi connectivity index (χ1) is 11.8. The third-order valence-corrected chi connectivity index (χ3v) is 5.04. The number of urea groups is 1. The Morgan fingerprint density at radius 1 is 1.29 bits per heavy atom. The summed E-state index contributed by atoms with van der Waals surface area (Å²) in [7, 11) is 0. The van der Waals surface area contributed by atoms with Gasteiger partial charge in [-0.2, -0.15) is 0 Å². The Balaban J connectivity index is 1.70. The molecule has 2 aliphatic rings. The fraction of sp³-hybridized carbons (Fsp3) is 0.632. The number of aliphatic hydroxyl groups is 1. The van der Waals surface area contributed by atoms with Crippen LogP contribution in [0.5, 0.6) is 0 Å². The lowest BCUT2D eigenvalue weighted by molar-refractivity contribution is 0.105. The number of fused-ring (bicyclic) bond motifs is 1. The zero-order valence-electron chi connectivity index (χ0n) is 14.2. The second-order valence-electron chi connectivity index (χ2n) is 6.70. The van der Waals surface area contributed by atoms with Gasteiger partial charge in [-0.25, -0.2) is 4.79 Å². The first kappa shape index (κ1) is 17.2. The Morgan fingerprint density at radius 3 is 2.96 bits per heavy atom. The molecule has 2 atom stereocenters. The van der Waals surface area contributed by atoms with Gasteiger partial charge in [-0.05, 0) is 49.7 Å². The molecule has 1 aliphatic heterocycles. The van der Waals surface area contributed by atoms with Crippen molar-refractivity contribution >= 4 is 6.03 Å². The highest BCUT2D eigenvalue weighted by molar-refractivity contribution is 5.75. The lowest BCUT2D eigenvalue weighted by Gasteiger charge is -2.36. The number of hydrogen-bond donors (Lipinski definition) is 2. The molecule has 2 N–H and O–H groups in total. The van der Waals surface area contributed by atoms with Crippen LogP contribution in [0.25, 0.3) is 0 Å². The lowest BCUT2D eigenvalue weighted by Crippen LogP contribution is -2.46. The van der Waals surface area contributed by atoms with E-state index in [9.17, 15) is 9.90 Å². The highest BCUT2D eigenvalue weighted by atomic mass is 16.5. The van der Waals surface area contributed by atoms with Crippen LogP contribution >= 0.6 is 0 Å². The highest BCUT2D eigenvalue weighted by Gasteiger charge is 2.29. The largest absolute Gasteiger partial charge is 0.396 e. The molecular weight excluding hydrogens is 304 g/mol. The maximum absolute atomic E-state index is 12.8. The van der Waals surface area contributed by atoms with Crippen LogP contribution in [0.2, 0.25) is 0 Å². The third-order valence-electron chi connectivity index (χ3n) is 5.04. The number of ether oxygens (including phenoxy) is 1. The molecule has 5 nitrogen and oxygen atoms in total. The van der Waals surface area contributed by atoms with Crippen molar-refractivity contribution in [3.05, 3.63) is 35.4 Å². The van der Waals surface area contributed by atoms with Gasteiger partial charge in [-0.1, -0.05) is 24.3 Å². The molecule has 1 fully saturated rings. The Morgan fingerprint density at radius 2 is 2.17 bits per heavy atom. The van der Waals surface area contributed by atoms with E-state index in [1.165, 1.54) is 11.1 Å². The van der Waals surface area contributed by atoms with E-state index in [4.69, 9.17) is 4.74 Å². The second-order valence-corrected chi connectivity index (χ2v) is 6.70. The lowest BCUT2D eigenvalue weighted by atomic mass is 9.87. The van der Waals surface area contributed by atoms with Crippen LogP contribution in [0.1, 0.15) is 49.3 Å². The molecule has 0 bridgehead atoms. The minimum atomic E-state index is -0.0411. The van der Waals surface area contributed by atoms with E-state index in [-0.39, 0.29) is 24.8 Å². The number of aliphatic hydroxyl groups excluding tert-OH is 1. The Labute approximate surface area is 144 Å². The molecule has 1 saturated heterocycles. The van der Waals surface area contributed by atoms with Gasteiger partial charge in [0.15, 0.2) is 0 Å². The van der Waals surface area contributed by atoms with Crippen LogP contribution in [0.4, 0.5) is 4.79 Å². The molecule has 3 rings (SSSR count). The predicted molar refractivity (Wildman–Crippen MR) is 92.9 cm³/mol. The Hall–Kier alpha value is -1.59. The molecule has 1 heterocycles. The number of nitrogens with one attached hydrogen (secondary N) is 1. The Kier molecular flexibility index (Phi) is 6.10. The molecule has 5 heteroatoms. The van der Waals surface area contributed by atoms with Gasteiger partial charge in [0, 0.05) is 26.3 Å². The molecule has 132 valence electrons. The SMILES string of the molecule is O=C(NC[C@H]1CCCO1)N(CCCO)[C@H]1CCCc2ccccc21. The van der Waals surface area contributed by atoms with E-state index < -0.39 is 0 Å². The van der Waals surface area contributed by atoms with Crippen molar-refractivity contribution in [2.24, 2.45) is 0 Å². The summed E-state index contributed by atoms with van der Waals surface area (Å²) in [5, 5.41) is 12.3. The van der Waals surface area contributed by atoms with Gasteiger partial charge in [-0.3, -0.25) is 0 Å². The number of hydrogen-bond acceptors (Lipinski definition) is 3. The summed E-state index contributed by atoms with van der Waals surface area (Å²) < 4.78 is 5.59. The van der Waals surface area contributed by atoms with Gasteiger partial charge in [0.05, 0.1) is 12.1 Å².